The summed E-state index contributed by atoms with van der Waals surface area (Å²) in [5.41, 5.74) is 0.0872. The van der Waals surface area contributed by atoms with Crippen LogP contribution < -0.4 is 5.32 Å². The summed E-state index contributed by atoms with van der Waals surface area (Å²) in [5, 5.41) is 23.2. The summed E-state index contributed by atoms with van der Waals surface area (Å²) in [6.07, 6.45) is 2.11. The molecule has 19 heavy (non-hydrogen) atoms. The van der Waals surface area contributed by atoms with Crippen LogP contribution in [0.4, 0.5) is 5.69 Å². The second-order valence-corrected chi connectivity index (χ2v) is 5.63. The van der Waals surface area contributed by atoms with Crippen molar-refractivity contribution in [2.24, 2.45) is 5.92 Å². The normalized spacial score (nSPS) is 26.9. The van der Waals surface area contributed by atoms with E-state index in [0.29, 0.717) is 37.3 Å². The molecular formula is C14H18ClNO3. The van der Waals surface area contributed by atoms with Gasteiger partial charge in [0.25, 0.3) is 0 Å². The maximum atomic E-state index is 10.9. The number of carboxylic acid groups (broad SMARTS) is 1. The molecule has 1 aromatic carbocycles. The maximum Gasteiger partial charge on any atom is 0.306 e. The molecule has 1 aliphatic rings. The van der Waals surface area contributed by atoms with Crippen LogP contribution in [-0.4, -0.2) is 28.3 Å². The van der Waals surface area contributed by atoms with Gasteiger partial charge < -0.3 is 15.5 Å². The highest BCUT2D eigenvalue weighted by Gasteiger charge is 2.35. The van der Waals surface area contributed by atoms with Crippen LogP contribution in [0.5, 0.6) is 0 Å². The van der Waals surface area contributed by atoms with Gasteiger partial charge in [-0.3, -0.25) is 4.79 Å². The van der Waals surface area contributed by atoms with Gasteiger partial charge in [-0.25, -0.2) is 0 Å². The number of carbonyl (C=O) groups is 1. The van der Waals surface area contributed by atoms with Crippen molar-refractivity contribution in [3.63, 3.8) is 0 Å². The predicted molar refractivity (Wildman–Crippen MR) is 74.5 cm³/mol. The lowest BCUT2D eigenvalue weighted by Crippen LogP contribution is -2.41. The number of anilines is 1. The van der Waals surface area contributed by atoms with Gasteiger partial charge in [0.15, 0.2) is 0 Å². The van der Waals surface area contributed by atoms with E-state index < -0.39 is 11.6 Å². The molecule has 5 heteroatoms. The molecule has 0 amide bonds. The molecule has 0 bridgehead atoms. The summed E-state index contributed by atoms with van der Waals surface area (Å²) in [4.78, 5) is 10.9. The SMILES string of the molecule is O=C(O)C1CCC(O)(CNc2ccc(Cl)cc2)CC1. The maximum absolute atomic E-state index is 10.9. The van der Waals surface area contributed by atoms with Crippen molar-refractivity contribution in [3.05, 3.63) is 29.3 Å². The van der Waals surface area contributed by atoms with Gasteiger partial charge >= 0.3 is 5.97 Å². The first-order chi connectivity index (χ1) is 8.98. The Morgan fingerprint density at radius 3 is 2.42 bits per heavy atom. The third-order valence-corrected chi connectivity index (χ3v) is 3.98. The van der Waals surface area contributed by atoms with E-state index in [0.717, 1.165) is 5.69 Å². The van der Waals surface area contributed by atoms with Crippen LogP contribution in [0.1, 0.15) is 25.7 Å². The summed E-state index contributed by atoms with van der Waals surface area (Å²) in [5.74, 6) is -1.07. The zero-order chi connectivity index (χ0) is 13.9. The van der Waals surface area contributed by atoms with Gasteiger partial charge in [-0.2, -0.15) is 0 Å². The van der Waals surface area contributed by atoms with E-state index in [1.54, 1.807) is 12.1 Å². The molecule has 0 saturated heterocycles. The number of hydrogen-bond donors (Lipinski definition) is 3. The van der Waals surface area contributed by atoms with E-state index in [1.165, 1.54) is 0 Å². The number of halogens is 1. The first kappa shape index (κ1) is 14.2. The minimum atomic E-state index is -0.814. The number of aliphatic carboxylic acids is 1. The second-order valence-electron chi connectivity index (χ2n) is 5.20. The van der Waals surface area contributed by atoms with Crippen LogP contribution in [0, 0.1) is 5.92 Å². The molecule has 0 aromatic heterocycles. The lowest BCUT2D eigenvalue weighted by molar-refractivity contribution is -0.144. The number of benzene rings is 1. The minimum absolute atomic E-state index is 0.309. The zero-order valence-corrected chi connectivity index (χ0v) is 11.4. The van der Waals surface area contributed by atoms with Crippen LogP contribution in [0.15, 0.2) is 24.3 Å². The van der Waals surface area contributed by atoms with E-state index in [9.17, 15) is 9.90 Å². The highest BCUT2D eigenvalue weighted by Crippen LogP contribution is 2.32. The van der Waals surface area contributed by atoms with Gasteiger partial charge in [-0.05, 0) is 49.9 Å². The number of aliphatic hydroxyl groups is 1. The molecule has 0 unspecified atom stereocenters. The molecule has 0 aliphatic heterocycles. The van der Waals surface area contributed by atoms with Crippen LogP contribution in [0.3, 0.4) is 0 Å². The van der Waals surface area contributed by atoms with Crippen LogP contribution in [0.2, 0.25) is 5.02 Å². The summed E-state index contributed by atoms with van der Waals surface area (Å²) in [6, 6.07) is 7.29. The standard InChI is InChI=1S/C14H18ClNO3/c15-11-1-3-12(4-2-11)16-9-14(19)7-5-10(6-8-14)13(17)18/h1-4,10,16,19H,5-9H2,(H,17,18). The van der Waals surface area contributed by atoms with Crippen molar-refractivity contribution in [2.75, 3.05) is 11.9 Å². The molecule has 2 rings (SSSR count). The van der Waals surface area contributed by atoms with E-state index in [4.69, 9.17) is 16.7 Å². The Morgan fingerprint density at radius 2 is 1.89 bits per heavy atom. The zero-order valence-electron chi connectivity index (χ0n) is 10.6. The van der Waals surface area contributed by atoms with Crippen LogP contribution >= 0.6 is 11.6 Å². The van der Waals surface area contributed by atoms with Gasteiger partial charge in [0, 0.05) is 17.3 Å². The molecule has 1 aromatic rings. The molecular weight excluding hydrogens is 266 g/mol. The Morgan fingerprint density at radius 1 is 1.32 bits per heavy atom. The Bertz CT molecular complexity index is 439. The fourth-order valence-corrected chi connectivity index (χ4v) is 2.54. The first-order valence-corrected chi connectivity index (χ1v) is 6.81. The van der Waals surface area contributed by atoms with Gasteiger partial charge in [0.1, 0.15) is 0 Å². The smallest absolute Gasteiger partial charge is 0.306 e. The van der Waals surface area contributed by atoms with Crippen molar-refractivity contribution < 1.29 is 15.0 Å². The van der Waals surface area contributed by atoms with Crippen molar-refractivity contribution >= 4 is 23.3 Å². The number of nitrogens with one attached hydrogen (secondary N) is 1. The number of rotatable bonds is 4. The highest BCUT2D eigenvalue weighted by atomic mass is 35.5. The predicted octanol–water partition coefficient (Wildman–Crippen LogP) is 2.76. The Labute approximate surface area is 117 Å². The third-order valence-electron chi connectivity index (χ3n) is 3.73. The van der Waals surface area contributed by atoms with E-state index in [-0.39, 0.29) is 5.92 Å². The average Bonchev–Trinajstić information content (AvgIpc) is 2.39. The van der Waals surface area contributed by atoms with Crippen molar-refractivity contribution in [1.29, 1.82) is 0 Å². The monoisotopic (exact) mass is 283 g/mol. The topological polar surface area (TPSA) is 69.6 Å². The van der Waals surface area contributed by atoms with Gasteiger partial charge in [-0.15, -0.1) is 0 Å². The Hall–Kier alpha value is -1.26. The van der Waals surface area contributed by atoms with Gasteiger partial charge in [0.05, 0.1) is 11.5 Å². The van der Waals surface area contributed by atoms with Crippen molar-refractivity contribution in [1.82, 2.24) is 0 Å². The summed E-state index contributed by atoms with van der Waals surface area (Å²) >= 11 is 5.80. The first-order valence-electron chi connectivity index (χ1n) is 6.43. The van der Waals surface area contributed by atoms with E-state index >= 15 is 0 Å². The average molecular weight is 284 g/mol. The van der Waals surface area contributed by atoms with Gasteiger partial charge in [-0.1, -0.05) is 11.6 Å². The van der Waals surface area contributed by atoms with Gasteiger partial charge in [0.2, 0.25) is 0 Å². The highest BCUT2D eigenvalue weighted by molar-refractivity contribution is 6.30. The van der Waals surface area contributed by atoms with E-state index in [2.05, 4.69) is 5.32 Å². The molecule has 0 heterocycles. The third kappa shape index (κ3) is 3.85. The molecule has 1 aliphatic carbocycles. The molecule has 4 nitrogen and oxygen atoms in total. The minimum Gasteiger partial charge on any atom is -0.481 e. The fraction of sp³-hybridized carbons (Fsp3) is 0.500. The van der Waals surface area contributed by atoms with Crippen molar-refractivity contribution in [2.45, 2.75) is 31.3 Å². The lowest BCUT2D eigenvalue weighted by atomic mass is 9.79. The quantitative estimate of drug-likeness (QED) is 0.795. The largest absolute Gasteiger partial charge is 0.481 e. The molecule has 1 saturated carbocycles. The molecule has 0 radical (unpaired) electrons. The Kier molecular flexibility index (Phi) is 4.32. The lowest BCUT2D eigenvalue weighted by Gasteiger charge is -2.35. The fourth-order valence-electron chi connectivity index (χ4n) is 2.41. The molecule has 3 N–H and O–H groups in total. The van der Waals surface area contributed by atoms with Crippen molar-refractivity contribution in [3.8, 4) is 0 Å². The second kappa shape index (κ2) is 5.80. The molecule has 1 fully saturated rings. The molecule has 104 valence electrons. The number of carboxylic acids is 1. The summed E-state index contributed by atoms with van der Waals surface area (Å²) < 4.78 is 0. The Balaban J connectivity index is 1.86. The van der Waals surface area contributed by atoms with E-state index in [1.807, 2.05) is 12.1 Å². The molecule has 0 atom stereocenters. The molecule has 0 spiro atoms. The van der Waals surface area contributed by atoms with Crippen LogP contribution in [0.25, 0.3) is 0 Å². The summed E-state index contributed by atoms with van der Waals surface area (Å²) in [6.45, 7) is 0.432. The van der Waals surface area contributed by atoms with Crippen LogP contribution in [-0.2, 0) is 4.79 Å². The summed E-state index contributed by atoms with van der Waals surface area (Å²) in [7, 11) is 0. The number of hydrogen-bond acceptors (Lipinski definition) is 3.